The van der Waals surface area contributed by atoms with E-state index >= 15 is 0 Å². The minimum Gasteiger partial charge on any atom is -0.576 e. The number of benzene rings is 1. The fourth-order valence-electron chi connectivity index (χ4n) is 0.784. The van der Waals surface area contributed by atoms with E-state index in [0.717, 1.165) is 7.11 Å². The Morgan fingerprint density at radius 1 is 1.23 bits per heavy atom. The van der Waals surface area contributed by atoms with Crippen LogP contribution < -0.4 is 61.6 Å². The van der Waals surface area contributed by atoms with E-state index in [4.69, 9.17) is 7.85 Å². The Morgan fingerprint density at radius 3 is 2.23 bits per heavy atom. The summed E-state index contributed by atoms with van der Waals surface area (Å²) in [6.45, 7) is 0. The molecule has 1 aromatic carbocycles. The zero-order chi connectivity index (χ0) is 9.30. The second kappa shape index (κ2) is 5.41. The molecule has 0 N–H and O–H groups in total. The molecule has 0 aliphatic heterocycles. The van der Waals surface area contributed by atoms with Gasteiger partial charge in [-0.3, -0.25) is 5.46 Å². The van der Waals surface area contributed by atoms with Crippen LogP contribution in [0, 0.1) is 17.5 Å². The summed E-state index contributed by atoms with van der Waals surface area (Å²) in [6.07, 6.45) is 0. The minimum absolute atomic E-state index is 0. The van der Waals surface area contributed by atoms with Crippen LogP contribution in [-0.4, -0.2) is 15.0 Å². The van der Waals surface area contributed by atoms with E-state index in [1.54, 1.807) is 0 Å². The SMILES string of the molecule is [B-]c1cc(F)c(OC)c(F)c1F.[K+]. The normalized spacial score (nSPS) is 9.31. The molecule has 0 amide bonds. The summed E-state index contributed by atoms with van der Waals surface area (Å²) >= 11 is 0. The third-order valence-electron chi connectivity index (χ3n) is 1.35. The van der Waals surface area contributed by atoms with Gasteiger partial charge < -0.3 is 12.6 Å². The predicted octanol–water partition coefficient (Wildman–Crippen LogP) is -2.09. The summed E-state index contributed by atoms with van der Waals surface area (Å²) in [5.41, 5.74) is -0.578. The average Bonchev–Trinajstić information content (AvgIpc) is 2.01. The molecule has 0 heterocycles. The largest absolute Gasteiger partial charge is 1.00 e. The first-order chi connectivity index (χ1) is 5.57. The predicted molar refractivity (Wildman–Crippen MR) is 38.3 cm³/mol. The number of halogens is 3. The maximum atomic E-state index is 12.7. The Hall–Kier alpha value is 0.511. The molecule has 13 heavy (non-hydrogen) atoms. The molecule has 63 valence electrons. The molecule has 1 rings (SSSR count). The molecule has 6 heteroatoms. The third-order valence-corrected chi connectivity index (χ3v) is 1.35. The Labute approximate surface area is 117 Å². The van der Waals surface area contributed by atoms with Crippen LogP contribution in [0.2, 0.25) is 0 Å². The van der Waals surface area contributed by atoms with Crippen molar-refractivity contribution in [3.8, 4) is 5.75 Å². The summed E-state index contributed by atoms with van der Waals surface area (Å²) in [4.78, 5) is 0. The first kappa shape index (κ1) is 13.5. The standard InChI is InChI=1S/C7H4BF3O.K/c1-12-7-4(9)2-3(8)5(10)6(7)11;/h2H,1H3;/q-1;+1. The van der Waals surface area contributed by atoms with Crippen molar-refractivity contribution < 1.29 is 69.3 Å². The van der Waals surface area contributed by atoms with Gasteiger partial charge in [-0.2, -0.15) is 4.39 Å². The second-order valence-electron chi connectivity index (χ2n) is 2.11. The van der Waals surface area contributed by atoms with Crippen molar-refractivity contribution in [1.29, 1.82) is 0 Å². The van der Waals surface area contributed by atoms with Crippen LogP contribution >= 0.6 is 0 Å². The summed E-state index contributed by atoms with van der Waals surface area (Å²) in [5.74, 6) is -4.49. The van der Waals surface area contributed by atoms with Crippen LogP contribution in [-0.2, 0) is 0 Å². The Bertz CT molecular complexity index is 319. The van der Waals surface area contributed by atoms with Gasteiger partial charge in [0, 0.05) is 0 Å². The number of hydrogen-bond donors (Lipinski definition) is 0. The van der Waals surface area contributed by atoms with Crippen LogP contribution in [0.1, 0.15) is 0 Å². The van der Waals surface area contributed by atoms with Gasteiger partial charge in [0.15, 0.2) is 17.4 Å². The van der Waals surface area contributed by atoms with Gasteiger partial charge in [-0.1, -0.05) is 6.07 Å². The number of rotatable bonds is 1. The van der Waals surface area contributed by atoms with Gasteiger partial charge in [0.05, 0.1) is 7.11 Å². The summed E-state index contributed by atoms with van der Waals surface area (Å²) in [7, 11) is 5.97. The number of ether oxygens (including phenoxy) is 1. The van der Waals surface area contributed by atoms with Gasteiger partial charge in [0.25, 0.3) is 0 Å². The average molecular weight is 211 g/mol. The van der Waals surface area contributed by atoms with Crippen LogP contribution in [0.25, 0.3) is 0 Å². The van der Waals surface area contributed by atoms with E-state index in [-0.39, 0.29) is 51.4 Å². The maximum absolute atomic E-state index is 12.7. The van der Waals surface area contributed by atoms with Crippen LogP contribution in [0.5, 0.6) is 5.75 Å². The fraction of sp³-hybridized carbons (Fsp3) is 0.143. The molecule has 0 aliphatic carbocycles. The molecule has 0 spiro atoms. The number of hydrogen-bond acceptors (Lipinski definition) is 1. The van der Waals surface area contributed by atoms with Crippen LogP contribution in [0.15, 0.2) is 6.07 Å². The van der Waals surface area contributed by atoms with Crippen molar-refractivity contribution in [3.63, 3.8) is 0 Å². The second-order valence-corrected chi connectivity index (χ2v) is 2.11. The molecule has 1 aromatic rings. The Kier molecular flexibility index (Phi) is 5.62. The molecule has 0 aliphatic rings. The van der Waals surface area contributed by atoms with E-state index in [0.29, 0.717) is 6.07 Å². The fourth-order valence-corrected chi connectivity index (χ4v) is 0.784. The molecular formula is C7H4BF3KO. The maximum Gasteiger partial charge on any atom is 1.00 e. The zero-order valence-corrected chi connectivity index (χ0v) is 10.3. The third kappa shape index (κ3) is 2.73. The topological polar surface area (TPSA) is 9.23 Å². The van der Waals surface area contributed by atoms with Crippen LogP contribution in [0.3, 0.4) is 0 Å². The first-order valence-electron chi connectivity index (χ1n) is 3.05. The minimum atomic E-state index is -1.41. The molecule has 0 saturated carbocycles. The van der Waals surface area contributed by atoms with Gasteiger partial charge >= 0.3 is 51.4 Å². The van der Waals surface area contributed by atoms with Crippen molar-refractivity contribution in [3.05, 3.63) is 23.5 Å². The van der Waals surface area contributed by atoms with E-state index in [1.165, 1.54) is 0 Å². The van der Waals surface area contributed by atoms with Gasteiger partial charge in [0.2, 0.25) is 0 Å². The summed E-state index contributed by atoms with van der Waals surface area (Å²) in [6, 6.07) is 0.664. The zero-order valence-electron chi connectivity index (χ0n) is 7.20. The van der Waals surface area contributed by atoms with Gasteiger partial charge in [-0.25, -0.2) is 8.78 Å². The Balaban J connectivity index is 0.00000144. The van der Waals surface area contributed by atoms with Crippen molar-refractivity contribution in [2.45, 2.75) is 0 Å². The summed E-state index contributed by atoms with van der Waals surface area (Å²) < 4.78 is 42.3. The Morgan fingerprint density at radius 2 is 1.77 bits per heavy atom. The van der Waals surface area contributed by atoms with E-state index in [2.05, 4.69) is 4.74 Å². The smallest absolute Gasteiger partial charge is 0.576 e. The molecule has 0 fully saturated rings. The number of methoxy groups -OCH3 is 1. The van der Waals surface area contributed by atoms with Gasteiger partial charge in [-0.05, 0) is 0 Å². The van der Waals surface area contributed by atoms with Crippen molar-refractivity contribution >= 4 is 13.3 Å². The van der Waals surface area contributed by atoms with Crippen molar-refractivity contribution in [2.75, 3.05) is 7.11 Å². The first-order valence-corrected chi connectivity index (χ1v) is 3.05. The van der Waals surface area contributed by atoms with Crippen molar-refractivity contribution in [2.24, 2.45) is 0 Å². The molecule has 0 unspecified atom stereocenters. The van der Waals surface area contributed by atoms with Crippen molar-refractivity contribution in [1.82, 2.24) is 0 Å². The molecule has 0 aromatic heterocycles. The molecule has 0 bridgehead atoms. The van der Waals surface area contributed by atoms with Gasteiger partial charge in [0.1, 0.15) is 5.82 Å². The molecule has 3 radical (unpaired) electrons. The molecule has 0 saturated heterocycles. The quantitative estimate of drug-likeness (QED) is 0.382. The monoisotopic (exact) mass is 211 g/mol. The van der Waals surface area contributed by atoms with Crippen LogP contribution in [0.4, 0.5) is 13.2 Å². The molecule has 0 atom stereocenters. The summed E-state index contributed by atoms with van der Waals surface area (Å²) in [5, 5.41) is 0. The van der Waals surface area contributed by atoms with E-state index < -0.39 is 28.7 Å². The van der Waals surface area contributed by atoms with E-state index in [1.807, 2.05) is 0 Å². The van der Waals surface area contributed by atoms with E-state index in [9.17, 15) is 13.2 Å². The van der Waals surface area contributed by atoms with Gasteiger partial charge in [-0.15, -0.1) is 0 Å². The molecular weight excluding hydrogens is 207 g/mol. The molecule has 1 nitrogen and oxygen atoms in total.